The fourth-order valence-corrected chi connectivity index (χ4v) is 3.11. The maximum atomic E-state index is 11.3. The van der Waals surface area contributed by atoms with Crippen molar-refractivity contribution in [2.45, 2.75) is 13.0 Å². The molecule has 0 spiro atoms. The molecule has 0 amide bonds. The number of nitrogens with zero attached hydrogens (tertiary/aromatic N) is 1. The van der Waals surface area contributed by atoms with Gasteiger partial charge in [0.15, 0.2) is 0 Å². The Morgan fingerprint density at radius 3 is 2.70 bits per heavy atom. The molecule has 2 aromatic rings. The minimum absolute atomic E-state index is 0.0767. The van der Waals surface area contributed by atoms with E-state index in [4.69, 9.17) is 4.74 Å². The lowest BCUT2D eigenvalue weighted by Gasteiger charge is -2.15. The molecule has 1 aromatic carbocycles. The van der Waals surface area contributed by atoms with E-state index in [1.165, 1.54) is 6.26 Å². The minimum Gasteiger partial charge on any atom is -0.481 e. The SMILES string of the molecule is COc1ccc2cccc(NC(C)CS(C)(=O)=O)c2n1. The van der Waals surface area contributed by atoms with Gasteiger partial charge in [0.25, 0.3) is 0 Å². The molecule has 0 fully saturated rings. The monoisotopic (exact) mass is 294 g/mol. The van der Waals surface area contributed by atoms with Crippen molar-refractivity contribution in [2.75, 3.05) is 24.4 Å². The number of methoxy groups -OCH3 is 1. The molecule has 0 bridgehead atoms. The first-order valence-corrected chi connectivity index (χ1v) is 8.33. The van der Waals surface area contributed by atoms with Gasteiger partial charge in [0.2, 0.25) is 5.88 Å². The molecule has 1 atom stereocenters. The molecule has 0 aliphatic heterocycles. The third kappa shape index (κ3) is 3.60. The largest absolute Gasteiger partial charge is 0.481 e. The van der Waals surface area contributed by atoms with Crippen molar-refractivity contribution in [3.05, 3.63) is 30.3 Å². The van der Waals surface area contributed by atoms with Crippen LogP contribution in [0.5, 0.6) is 5.88 Å². The summed E-state index contributed by atoms with van der Waals surface area (Å²) in [6, 6.07) is 9.27. The second kappa shape index (κ2) is 5.66. The van der Waals surface area contributed by atoms with Crippen molar-refractivity contribution in [3.8, 4) is 5.88 Å². The van der Waals surface area contributed by atoms with E-state index in [1.807, 2.05) is 31.2 Å². The van der Waals surface area contributed by atoms with Crippen LogP contribution in [0.3, 0.4) is 0 Å². The number of para-hydroxylation sites is 1. The zero-order chi connectivity index (χ0) is 14.8. The van der Waals surface area contributed by atoms with Crippen LogP contribution < -0.4 is 10.1 Å². The van der Waals surface area contributed by atoms with E-state index in [2.05, 4.69) is 10.3 Å². The van der Waals surface area contributed by atoms with Crippen molar-refractivity contribution in [3.63, 3.8) is 0 Å². The number of hydrogen-bond donors (Lipinski definition) is 1. The number of rotatable bonds is 5. The summed E-state index contributed by atoms with van der Waals surface area (Å²) < 4.78 is 27.8. The molecule has 6 heteroatoms. The minimum atomic E-state index is -3.02. The Labute approximate surface area is 118 Å². The molecule has 0 saturated carbocycles. The lowest BCUT2D eigenvalue weighted by atomic mass is 10.2. The Morgan fingerprint density at radius 2 is 2.05 bits per heavy atom. The van der Waals surface area contributed by atoms with Gasteiger partial charge in [0, 0.05) is 23.8 Å². The number of sulfone groups is 1. The summed E-state index contributed by atoms with van der Waals surface area (Å²) in [5.41, 5.74) is 1.57. The number of pyridine rings is 1. The molecule has 0 radical (unpaired) electrons. The highest BCUT2D eigenvalue weighted by Gasteiger charge is 2.12. The van der Waals surface area contributed by atoms with Crippen LogP contribution in [-0.2, 0) is 9.84 Å². The first-order chi connectivity index (χ1) is 9.39. The van der Waals surface area contributed by atoms with Crippen LogP contribution in [0, 0.1) is 0 Å². The van der Waals surface area contributed by atoms with Crippen LogP contribution in [0.4, 0.5) is 5.69 Å². The number of hydrogen-bond acceptors (Lipinski definition) is 5. The maximum absolute atomic E-state index is 11.3. The Bertz CT molecular complexity index is 713. The molecular weight excluding hydrogens is 276 g/mol. The van der Waals surface area contributed by atoms with Crippen LogP contribution in [-0.4, -0.2) is 38.6 Å². The summed E-state index contributed by atoms with van der Waals surface area (Å²) in [5, 5.41) is 4.17. The van der Waals surface area contributed by atoms with Gasteiger partial charge in [-0.1, -0.05) is 12.1 Å². The van der Waals surface area contributed by atoms with Crippen LogP contribution in [0.25, 0.3) is 10.9 Å². The van der Waals surface area contributed by atoms with E-state index >= 15 is 0 Å². The average molecular weight is 294 g/mol. The van der Waals surface area contributed by atoms with Gasteiger partial charge < -0.3 is 10.1 Å². The molecule has 5 nitrogen and oxygen atoms in total. The second-order valence-corrected chi connectivity index (χ2v) is 7.05. The predicted octanol–water partition coefficient (Wildman–Crippen LogP) is 2.09. The highest BCUT2D eigenvalue weighted by Crippen LogP contribution is 2.24. The predicted molar refractivity (Wildman–Crippen MR) is 81.1 cm³/mol. The van der Waals surface area contributed by atoms with Crippen LogP contribution in [0.15, 0.2) is 30.3 Å². The lowest BCUT2D eigenvalue weighted by molar-refractivity contribution is 0.399. The van der Waals surface area contributed by atoms with Crippen molar-refractivity contribution in [2.24, 2.45) is 0 Å². The number of fused-ring (bicyclic) bond motifs is 1. The van der Waals surface area contributed by atoms with E-state index in [-0.39, 0.29) is 11.8 Å². The number of aromatic nitrogens is 1. The molecule has 1 heterocycles. The summed E-state index contributed by atoms with van der Waals surface area (Å²) in [7, 11) is -1.45. The molecule has 0 saturated heterocycles. The molecule has 1 N–H and O–H groups in total. The maximum Gasteiger partial charge on any atom is 0.213 e. The number of benzene rings is 1. The molecule has 108 valence electrons. The first kappa shape index (κ1) is 14.6. The van der Waals surface area contributed by atoms with E-state index in [1.54, 1.807) is 13.2 Å². The smallest absolute Gasteiger partial charge is 0.213 e. The van der Waals surface area contributed by atoms with Gasteiger partial charge in [-0.2, -0.15) is 0 Å². The van der Waals surface area contributed by atoms with Gasteiger partial charge in [-0.3, -0.25) is 0 Å². The highest BCUT2D eigenvalue weighted by molar-refractivity contribution is 7.90. The number of anilines is 1. The van der Waals surface area contributed by atoms with Crippen molar-refractivity contribution < 1.29 is 13.2 Å². The number of nitrogens with one attached hydrogen (secondary N) is 1. The van der Waals surface area contributed by atoms with Gasteiger partial charge in [0.05, 0.1) is 24.1 Å². The van der Waals surface area contributed by atoms with Crippen LogP contribution >= 0.6 is 0 Å². The summed E-state index contributed by atoms with van der Waals surface area (Å²) in [5.74, 6) is 0.607. The summed E-state index contributed by atoms with van der Waals surface area (Å²) >= 11 is 0. The van der Waals surface area contributed by atoms with Gasteiger partial charge in [-0.05, 0) is 19.1 Å². The summed E-state index contributed by atoms with van der Waals surface area (Å²) in [6.45, 7) is 1.83. The zero-order valence-electron chi connectivity index (χ0n) is 11.8. The van der Waals surface area contributed by atoms with Gasteiger partial charge in [-0.25, -0.2) is 13.4 Å². The van der Waals surface area contributed by atoms with Crippen molar-refractivity contribution in [1.82, 2.24) is 4.98 Å². The number of ether oxygens (including phenoxy) is 1. The van der Waals surface area contributed by atoms with Crippen molar-refractivity contribution >= 4 is 26.4 Å². The normalized spacial score (nSPS) is 13.2. The second-order valence-electron chi connectivity index (χ2n) is 4.87. The van der Waals surface area contributed by atoms with Gasteiger partial charge >= 0.3 is 0 Å². The van der Waals surface area contributed by atoms with Crippen LogP contribution in [0.2, 0.25) is 0 Å². The average Bonchev–Trinajstić information content (AvgIpc) is 2.36. The van der Waals surface area contributed by atoms with Crippen LogP contribution in [0.1, 0.15) is 6.92 Å². The van der Waals surface area contributed by atoms with Gasteiger partial charge in [0.1, 0.15) is 9.84 Å². The first-order valence-electron chi connectivity index (χ1n) is 6.27. The summed E-state index contributed by atoms with van der Waals surface area (Å²) in [6.07, 6.45) is 1.23. The Hall–Kier alpha value is -1.82. The topological polar surface area (TPSA) is 68.3 Å². The fourth-order valence-electron chi connectivity index (χ4n) is 2.12. The van der Waals surface area contributed by atoms with E-state index in [0.29, 0.717) is 5.88 Å². The molecule has 1 unspecified atom stereocenters. The van der Waals surface area contributed by atoms with Gasteiger partial charge in [-0.15, -0.1) is 0 Å². The standard InChI is InChI=1S/C14H18N2O3S/c1-10(9-20(3,17)18)15-12-6-4-5-11-7-8-13(19-2)16-14(11)12/h4-8,10,15H,9H2,1-3H3. The zero-order valence-corrected chi connectivity index (χ0v) is 12.6. The Kier molecular flexibility index (Phi) is 4.13. The van der Waals surface area contributed by atoms with E-state index in [0.717, 1.165) is 16.6 Å². The third-order valence-corrected chi connectivity index (χ3v) is 3.96. The van der Waals surface area contributed by atoms with Crippen molar-refractivity contribution in [1.29, 1.82) is 0 Å². The molecular formula is C14H18N2O3S. The molecule has 1 aromatic heterocycles. The quantitative estimate of drug-likeness (QED) is 0.914. The molecule has 20 heavy (non-hydrogen) atoms. The van der Waals surface area contributed by atoms with E-state index in [9.17, 15) is 8.42 Å². The Balaban J connectivity index is 2.34. The lowest BCUT2D eigenvalue weighted by Crippen LogP contribution is -2.25. The molecule has 0 aliphatic rings. The fraction of sp³-hybridized carbons (Fsp3) is 0.357. The Morgan fingerprint density at radius 1 is 1.30 bits per heavy atom. The van der Waals surface area contributed by atoms with E-state index < -0.39 is 9.84 Å². The molecule has 0 aliphatic carbocycles. The highest BCUT2D eigenvalue weighted by atomic mass is 32.2. The molecule has 2 rings (SSSR count). The third-order valence-electron chi connectivity index (χ3n) is 2.86. The summed E-state index contributed by atoms with van der Waals surface area (Å²) in [4.78, 5) is 4.41.